The van der Waals surface area contributed by atoms with Crippen LogP contribution in [0.4, 0.5) is 0 Å². The standard InChI is InChI=1S/C23H28O3/c1-6-17-13-15-18(16-14-17)20(24)23(5,7-2)21(25)26-22(3,4)19-11-9-8-10-12-19/h8-16H,6-7H2,1-5H3. The summed E-state index contributed by atoms with van der Waals surface area (Å²) in [5.41, 5.74) is 0.584. The Morgan fingerprint density at radius 2 is 1.46 bits per heavy atom. The summed E-state index contributed by atoms with van der Waals surface area (Å²) >= 11 is 0. The Balaban J connectivity index is 2.26. The molecule has 0 bridgehead atoms. The van der Waals surface area contributed by atoms with E-state index in [9.17, 15) is 9.59 Å². The van der Waals surface area contributed by atoms with Crippen LogP contribution in [0.25, 0.3) is 0 Å². The van der Waals surface area contributed by atoms with E-state index < -0.39 is 17.0 Å². The van der Waals surface area contributed by atoms with Gasteiger partial charge in [-0.1, -0.05) is 68.4 Å². The summed E-state index contributed by atoms with van der Waals surface area (Å²) in [4.78, 5) is 26.0. The maximum Gasteiger partial charge on any atom is 0.320 e. The lowest BCUT2D eigenvalue weighted by Crippen LogP contribution is -2.41. The molecule has 0 heterocycles. The van der Waals surface area contributed by atoms with E-state index in [-0.39, 0.29) is 5.78 Å². The first-order valence-electron chi connectivity index (χ1n) is 9.17. The predicted octanol–water partition coefficient (Wildman–Crippen LogP) is 5.33. The van der Waals surface area contributed by atoms with Gasteiger partial charge in [0, 0.05) is 5.56 Å². The fraction of sp³-hybridized carbons (Fsp3) is 0.391. The summed E-state index contributed by atoms with van der Waals surface area (Å²) in [6, 6.07) is 17.0. The van der Waals surface area contributed by atoms with E-state index in [1.165, 1.54) is 0 Å². The van der Waals surface area contributed by atoms with Crippen molar-refractivity contribution in [2.75, 3.05) is 0 Å². The van der Waals surface area contributed by atoms with Crippen LogP contribution in [0.2, 0.25) is 0 Å². The molecule has 2 rings (SSSR count). The van der Waals surface area contributed by atoms with Crippen molar-refractivity contribution >= 4 is 11.8 Å². The van der Waals surface area contributed by atoms with Crippen LogP contribution in [0.1, 0.15) is 62.5 Å². The molecule has 2 aromatic rings. The molecule has 0 aliphatic carbocycles. The van der Waals surface area contributed by atoms with Crippen molar-refractivity contribution in [1.82, 2.24) is 0 Å². The van der Waals surface area contributed by atoms with Gasteiger partial charge in [0.2, 0.25) is 0 Å². The molecule has 1 atom stereocenters. The van der Waals surface area contributed by atoms with Crippen molar-refractivity contribution in [2.24, 2.45) is 5.41 Å². The van der Waals surface area contributed by atoms with E-state index >= 15 is 0 Å². The van der Waals surface area contributed by atoms with E-state index in [0.717, 1.165) is 17.5 Å². The van der Waals surface area contributed by atoms with Crippen LogP contribution in [0.3, 0.4) is 0 Å². The third-order valence-corrected chi connectivity index (χ3v) is 5.10. The highest BCUT2D eigenvalue weighted by Gasteiger charge is 2.43. The molecule has 1 unspecified atom stereocenters. The number of hydrogen-bond donors (Lipinski definition) is 0. The van der Waals surface area contributed by atoms with E-state index in [0.29, 0.717) is 12.0 Å². The largest absolute Gasteiger partial charge is 0.454 e. The number of aryl methyl sites for hydroxylation is 1. The molecule has 0 spiro atoms. The predicted molar refractivity (Wildman–Crippen MR) is 104 cm³/mol. The number of benzene rings is 2. The Hall–Kier alpha value is -2.42. The molecule has 3 heteroatoms. The van der Waals surface area contributed by atoms with Gasteiger partial charge in [0.15, 0.2) is 5.78 Å². The van der Waals surface area contributed by atoms with E-state index in [1.54, 1.807) is 19.1 Å². The van der Waals surface area contributed by atoms with Crippen LogP contribution in [-0.4, -0.2) is 11.8 Å². The first-order chi connectivity index (χ1) is 12.2. The number of ketones is 1. The lowest BCUT2D eigenvalue weighted by molar-refractivity contribution is -0.166. The maximum atomic E-state index is 13.1. The molecule has 0 aliphatic rings. The molecule has 0 radical (unpaired) electrons. The second-order valence-electron chi connectivity index (χ2n) is 7.33. The number of esters is 1. The fourth-order valence-corrected chi connectivity index (χ4v) is 2.85. The lowest BCUT2D eigenvalue weighted by Gasteiger charge is -2.32. The van der Waals surface area contributed by atoms with Crippen molar-refractivity contribution < 1.29 is 14.3 Å². The molecule has 0 saturated carbocycles. The average molecular weight is 352 g/mol. The molecule has 0 N–H and O–H groups in total. The SMILES string of the molecule is CCc1ccc(C(=O)C(C)(CC)C(=O)OC(C)(C)c2ccccc2)cc1. The van der Waals surface area contributed by atoms with Crippen molar-refractivity contribution in [1.29, 1.82) is 0 Å². The third-order valence-electron chi connectivity index (χ3n) is 5.10. The van der Waals surface area contributed by atoms with Crippen LogP contribution in [-0.2, 0) is 21.6 Å². The smallest absolute Gasteiger partial charge is 0.320 e. The van der Waals surface area contributed by atoms with Gasteiger partial charge in [-0.25, -0.2) is 0 Å². The Morgan fingerprint density at radius 1 is 0.885 bits per heavy atom. The molecule has 138 valence electrons. The molecule has 2 aromatic carbocycles. The van der Waals surface area contributed by atoms with Gasteiger partial charge in [0.25, 0.3) is 0 Å². The monoisotopic (exact) mass is 352 g/mol. The van der Waals surface area contributed by atoms with E-state index in [2.05, 4.69) is 6.92 Å². The summed E-state index contributed by atoms with van der Waals surface area (Å²) in [5, 5.41) is 0. The van der Waals surface area contributed by atoms with Crippen LogP contribution < -0.4 is 0 Å². The second-order valence-corrected chi connectivity index (χ2v) is 7.33. The number of carbonyl (C=O) groups is 2. The zero-order chi connectivity index (χ0) is 19.4. The quantitative estimate of drug-likeness (QED) is 0.384. The Labute approximate surface area is 156 Å². The Kier molecular flexibility index (Phi) is 6.01. The zero-order valence-corrected chi connectivity index (χ0v) is 16.3. The minimum Gasteiger partial charge on any atom is -0.454 e. The van der Waals surface area contributed by atoms with E-state index in [4.69, 9.17) is 4.74 Å². The summed E-state index contributed by atoms with van der Waals surface area (Å²) in [5.74, 6) is -0.685. The Morgan fingerprint density at radius 3 is 1.96 bits per heavy atom. The summed E-state index contributed by atoms with van der Waals surface area (Å²) < 4.78 is 5.81. The lowest BCUT2D eigenvalue weighted by atomic mass is 9.79. The zero-order valence-electron chi connectivity index (χ0n) is 16.3. The number of ether oxygens (including phenoxy) is 1. The number of hydrogen-bond acceptors (Lipinski definition) is 3. The van der Waals surface area contributed by atoms with E-state index in [1.807, 2.05) is 63.2 Å². The van der Waals surface area contributed by atoms with Crippen molar-refractivity contribution in [3.05, 3.63) is 71.3 Å². The first-order valence-corrected chi connectivity index (χ1v) is 9.17. The van der Waals surface area contributed by atoms with Crippen LogP contribution in [0, 0.1) is 5.41 Å². The highest BCUT2D eigenvalue weighted by Crippen LogP contribution is 2.33. The van der Waals surface area contributed by atoms with Gasteiger partial charge < -0.3 is 4.74 Å². The molecular formula is C23H28O3. The second kappa shape index (κ2) is 7.86. The maximum absolute atomic E-state index is 13.1. The minimum atomic E-state index is -1.21. The summed E-state index contributed by atoms with van der Waals surface area (Å²) in [6.45, 7) is 9.27. The van der Waals surface area contributed by atoms with Gasteiger partial charge in [-0.15, -0.1) is 0 Å². The summed E-state index contributed by atoms with van der Waals surface area (Å²) in [7, 11) is 0. The van der Waals surface area contributed by atoms with Gasteiger partial charge in [-0.05, 0) is 44.7 Å². The van der Waals surface area contributed by atoms with Gasteiger partial charge in [0.1, 0.15) is 11.0 Å². The average Bonchev–Trinajstić information content (AvgIpc) is 2.67. The highest BCUT2D eigenvalue weighted by molar-refractivity contribution is 6.12. The first kappa shape index (κ1) is 19.9. The molecule has 0 aromatic heterocycles. The third kappa shape index (κ3) is 4.04. The van der Waals surface area contributed by atoms with Gasteiger partial charge >= 0.3 is 5.97 Å². The van der Waals surface area contributed by atoms with Crippen molar-refractivity contribution in [3.63, 3.8) is 0 Å². The number of Topliss-reactive ketones (excluding diaryl/α,β-unsaturated/α-hetero) is 1. The van der Waals surface area contributed by atoms with Crippen molar-refractivity contribution in [2.45, 2.75) is 53.1 Å². The number of carbonyl (C=O) groups excluding carboxylic acids is 2. The molecule has 26 heavy (non-hydrogen) atoms. The van der Waals surface area contributed by atoms with Gasteiger partial charge in [-0.2, -0.15) is 0 Å². The normalized spacial score (nSPS) is 13.7. The highest BCUT2D eigenvalue weighted by atomic mass is 16.6. The minimum absolute atomic E-state index is 0.198. The van der Waals surface area contributed by atoms with Crippen LogP contribution >= 0.6 is 0 Å². The fourth-order valence-electron chi connectivity index (χ4n) is 2.85. The molecule has 0 fully saturated rings. The van der Waals surface area contributed by atoms with Gasteiger partial charge in [-0.3, -0.25) is 9.59 Å². The number of rotatable bonds is 7. The van der Waals surface area contributed by atoms with Crippen molar-refractivity contribution in [3.8, 4) is 0 Å². The molecule has 3 nitrogen and oxygen atoms in total. The molecule has 0 amide bonds. The molecule has 0 aliphatic heterocycles. The van der Waals surface area contributed by atoms with Crippen LogP contribution in [0.15, 0.2) is 54.6 Å². The van der Waals surface area contributed by atoms with Crippen LogP contribution in [0.5, 0.6) is 0 Å². The molecular weight excluding hydrogens is 324 g/mol. The summed E-state index contributed by atoms with van der Waals surface area (Å²) in [6.07, 6.45) is 1.29. The Bertz CT molecular complexity index is 760. The van der Waals surface area contributed by atoms with Gasteiger partial charge in [0.05, 0.1) is 0 Å². The molecule has 0 saturated heterocycles. The topological polar surface area (TPSA) is 43.4 Å².